The zero-order chi connectivity index (χ0) is 18.0. The van der Waals surface area contributed by atoms with E-state index in [0.29, 0.717) is 26.4 Å². The molecule has 25 heavy (non-hydrogen) atoms. The number of methoxy groups -OCH3 is 1. The molecule has 0 aliphatic heterocycles. The summed E-state index contributed by atoms with van der Waals surface area (Å²) in [5.74, 6) is -0.451. The Morgan fingerprint density at radius 1 is 0.960 bits per heavy atom. The van der Waals surface area contributed by atoms with Crippen LogP contribution >= 0.6 is 34.5 Å². The Balaban J connectivity index is 1.82. The van der Waals surface area contributed by atoms with Gasteiger partial charge in [0.05, 0.1) is 16.8 Å². The fourth-order valence-corrected chi connectivity index (χ4v) is 4.01. The van der Waals surface area contributed by atoms with Crippen molar-refractivity contribution in [2.24, 2.45) is 0 Å². The van der Waals surface area contributed by atoms with Gasteiger partial charge in [-0.1, -0.05) is 41.4 Å². The van der Waals surface area contributed by atoms with Crippen molar-refractivity contribution in [2.45, 2.75) is 0 Å². The third-order valence-electron chi connectivity index (χ3n) is 3.45. The van der Waals surface area contributed by atoms with Crippen molar-refractivity contribution >= 4 is 56.4 Å². The molecule has 0 aliphatic carbocycles. The van der Waals surface area contributed by atoms with E-state index >= 15 is 0 Å². The van der Waals surface area contributed by atoms with E-state index in [2.05, 4.69) is 10.9 Å². The topological polar surface area (TPSA) is 67.4 Å². The van der Waals surface area contributed by atoms with Gasteiger partial charge in [-0.3, -0.25) is 20.4 Å². The number of amides is 2. The van der Waals surface area contributed by atoms with E-state index in [1.165, 1.54) is 7.11 Å². The van der Waals surface area contributed by atoms with Crippen molar-refractivity contribution in [2.75, 3.05) is 7.11 Å². The molecule has 1 heterocycles. The molecule has 1 aromatic heterocycles. The van der Waals surface area contributed by atoms with Crippen LogP contribution < -0.4 is 15.6 Å². The first-order chi connectivity index (χ1) is 12.0. The molecule has 0 radical (unpaired) electrons. The second kappa shape index (κ2) is 7.31. The summed E-state index contributed by atoms with van der Waals surface area (Å²) in [6.45, 7) is 0. The van der Waals surface area contributed by atoms with Gasteiger partial charge in [-0.25, -0.2) is 0 Å². The Bertz CT molecular complexity index is 957. The Kier molecular flexibility index (Phi) is 5.13. The van der Waals surface area contributed by atoms with Gasteiger partial charge in [-0.15, -0.1) is 11.3 Å². The molecule has 0 bridgehead atoms. The molecule has 0 aliphatic rings. The molecule has 0 spiro atoms. The highest BCUT2D eigenvalue weighted by Gasteiger charge is 2.20. The lowest BCUT2D eigenvalue weighted by atomic mass is 10.2. The van der Waals surface area contributed by atoms with Crippen molar-refractivity contribution in [1.29, 1.82) is 0 Å². The molecule has 2 amide bonds. The lowest BCUT2D eigenvalue weighted by Gasteiger charge is -2.06. The second-order valence-electron chi connectivity index (χ2n) is 4.98. The lowest BCUT2D eigenvalue weighted by molar-refractivity contribution is 0.0849. The van der Waals surface area contributed by atoms with Crippen LogP contribution in [0, 0.1) is 0 Å². The average Bonchev–Trinajstić information content (AvgIpc) is 2.98. The van der Waals surface area contributed by atoms with Crippen LogP contribution in [0.25, 0.3) is 10.1 Å². The first-order valence-electron chi connectivity index (χ1n) is 7.13. The predicted molar refractivity (Wildman–Crippen MR) is 99.8 cm³/mol. The van der Waals surface area contributed by atoms with Gasteiger partial charge in [-0.05, 0) is 24.3 Å². The van der Waals surface area contributed by atoms with Gasteiger partial charge in [-0.2, -0.15) is 0 Å². The largest absolute Gasteiger partial charge is 0.495 e. The van der Waals surface area contributed by atoms with Crippen LogP contribution in [0.2, 0.25) is 10.0 Å². The molecule has 128 valence electrons. The maximum Gasteiger partial charge on any atom is 0.281 e. The minimum absolute atomic E-state index is 0.250. The zero-order valence-corrected chi connectivity index (χ0v) is 15.3. The van der Waals surface area contributed by atoms with Gasteiger partial charge >= 0.3 is 0 Å². The lowest BCUT2D eigenvalue weighted by Crippen LogP contribution is -2.41. The molecule has 0 atom stereocenters. The zero-order valence-electron chi connectivity index (χ0n) is 12.9. The number of benzene rings is 2. The number of hydrogen-bond acceptors (Lipinski definition) is 4. The van der Waals surface area contributed by atoms with Crippen molar-refractivity contribution in [3.05, 3.63) is 63.0 Å². The SMILES string of the molecule is COc1ccc2c(Cl)c(C(=O)NNC(=O)c3ccccc3)sc2c1Cl. The number of nitrogens with one attached hydrogen (secondary N) is 2. The van der Waals surface area contributed by atoms with Crippen LogP contribution in [0.4, 0.5) is 0 Å². The molecule has 3 rings (SSSR count). The van der Waals surface area contributed by atoms with Gasteiger partial charge in [0.2, 0.25) is 0 Å². The van der Waals surface area contributed by atoms with E-state index in [-0.39, 0.29) is 9.90 Å². The number of carbonyl (C=O) groups excluding carboxylic acids is 2. The normalized spacial score (nSPS) is 10.5. The van der Waals surface area contributed by atoms with E-state index in [9.17, 15) is 9.59 Å². The molecule has 0 saturated carbocycles. The number of carbonyl (C=O) groups is 2. The molecular formula is C17H12Cl2N2O3S. The standard InChI is InChI=1S/C17H12Cl2N2O3S/c1-24-11-8-7-10-12(18)15(25-14(10)13(11)19)17(23)21-20-16(22)9-5-3-2-4-6-9/h2-8H,1H3,(H,20,22)(H,21,23). The fraction of sp³-hybridized carbons (Fsp3) is 0.0588. The number of fused-ring (bicyclic) bond motifs is 1. The third-order valence-corrected chi connectivity index (χ3v) is 5.67. The molecule has 5 nitrogen and oxygen atoms in total. The summed E-state index contributed by atoms with van der Waals surface area (Å²) in [7, 11) is 1.51. The van der Waals surface area contributed by atoms with Crippen molar-refractivity contribution < 1.29 is 14.3 Å². The number of halogens is 2. The summed E-state index contributed by atoms with van der Waals surface area (Å²) >= 11 is 13.7. The molecule has 2 N–H and O–H groups in total. The molecule has 0 saturated heterocycles. The van der Waals surface area contributed by atoms with Crippen LogP contribution in [0.3, 0.4) is 0 Å². The maximum atomic E-state index is 12.4. The quantitative estimate of drug-likeness (QED) is 0.651. The first kappa shape index (κ1) is 17.5. The van der Waals surface area contributed by atoms with Crippen LogP contribution in [-0.2, 0) is 0 Å². The van der Waals surface area contributed by atoms with E-state index in [1.54, 1.807) is 42.5 Å². The number of hydrogen-bond donors (Lipinski definition) is 2. The molecule has 0 fully saturated rings. The minimum atomic E-state index is -0.523. The summed E-state index contributed by atoms with van der Waals surface area (Å²) in [5.41, 5.74) is 5.15. The Morgan fingerprint density at radius 3 is 2.32 bits per heavy atom. The van der Waals surface area contributed by atoms with E-state index < -0.39 is 11.8 Å². The molecule has 3 aromatic rings. The smallest absolute Gasteiger partial charge is 0.281 e. The van der Waals surface area contributed by atoms with Crippen LogP contribution in [-0.4, -0.2) is 18.9 Å². The maximum absolute atomic E-state index is 12.4. The number of hydrazine groups is 1. The van der Waals surface area contributed by atoms with Crippen LogP contribution in [0.1, 0.15) is 20.0 Å². The molecular weight excluding hydrogens is 383 g/mol. The van der Waals surface area contributed by atoms with Gasteiger partial charge in [0.15, 0.2) is 0 Å². The van der Waals surface area contributed by atoms with E-state index in [4.69, 9.17) is 27.9 Å². The fourth-order valence-electron chi connectivity index (χ4n) is 2.22. The average molecular weight is 395 g/mol. The highest BCUT2D eigenvalue weighted by molar-refractivity contribution is 7.22. The highest BCUT2D eigenvalue weighted by atomic mass is 35.5. The van der Waals surface area contributed by atoms with Gasteiger partial charge in [0.25, 0.3) is 11.8 Å². The second-order valence-corrected chi connectivity index (χ2v) is 6.75. The van der Waals surface area contributed by atoms with Crippen molar-refractivity contribution in [3.63, 3.8) is 0 Å². The van der Waals surface area contributed by atoms with Gasteiger partial charge < -0.3 is 4.74 Å². The van der Waals surface area contributed by atoms with Gasteiger partial charge in [0.1, 0.15) is 15.6 Å². The molecule has 0 unspecified atom stereocenters. The van der Waals surface area contributed by atoms with Crippen molar-refractivity contribution in [1.82, 2.24) is 10.9 Å². The number of thiophene rings is 1. The summed E-state index contributed by atoms with van der Waals surface area (Å²) in [4.78, 5) is 24.6. The highest BCUT2D eigenvalue weighted by Crippen LogP contribution is 2.42. The monoisotopic (exact) mass is 394 g/mol. The minimum Gasteiger partial charge on any atom is -0.495 e. The molecule has 8 heteroatoms. The van der Waals surface area contributed by atoms with Crippen LogP contribution in [0.15, 0.2) is 42.5 Å². The summed E-state index contributed by atoms with van der Waals surface area (Å²) in [6, 6.07) is 12.0. The predicted octanol–water partition coefficient (Wildman–Crippen LogP) is 4.29. The Hall–Kier alpha value is -2.28. The summed E-state index contributed by atoms with van der Waals surface area (Å²) in [6.07, 6.45) is 0. The Morgan fingerprint density at radius 2 is 1.64 bits per heavy atom. The summed E-state index contributed by atoms with van der Waals surface area (Å²) in [5, 5.41) is 1.31. The Labute approximate surface area is 157 Å². The first-order valence-corrected chi connectivity index (χ1v) is 8.70. The van der Waals surface area contributed by atoms with Gasteiger partial charge in [0, 0.05) is 10.9 Å². The molecule has 2 aromatic carbocycles. The van der Waals surface area contributed by atoms with E-state index in [0.717, 1.165) is 11.3 Å². The van der Waals surface area contributed by atoms with E-state index in [1.807, 2.05) is 0 Å². The third kappa shape index (κ3) is 3.42. The number of ether oxygens (including phenoxy) is 1. The summed E-state index contributed by atoms with van der Waals surface area (Å²) < 4.78 is 5.81. The van der Waals surface area contributed by atoms with Crippen molar-refractivity contribution in [3.8, 4) is 5.75 Å². The van der Waals surface area contributed by atoms with Crippen LogP contribution in [0.5, 0.6) is 5.75 Å². The number of rotatable bonds is 3.